The topological polar surface area (TPSA) is 194 Å². The van der Waals surface area contributed by atoms with Gasteiger partial charge in [0.15, 0.2) is 0 Å². The molecule has 0 bridgehead atoms. The van der Waals surface area contributed by atoms with E-state index in [4.69, 9.17) is 26.0 Å². The Morgan fingerprint density at radius 3 is 1.29 bits per heavy atom. The molecule has 11 nitrogen and oxygen atoms in total. The van der Waals surface area contributed by atoms with Gasteiger partial charge in [-0.2, -0.15) is 15.8 Å². The number of nitrogens with one attached hydrogen (secondary N) is 1. The number of aromatic carboxylic acids is 3. The minimum atomic E-state index is -1.23. The van der Waals surface area contributed by atoms with Crippen molar-refractivity contribution in [1.29, 1.82) is 15.8 Å². The molecule has 0 atom stereocenters. The van der Waals surface area contributed by atoms with E-state index in [0.717, 1.165) is 0 Å². The van der Waals surface area contributed by atoms with Crippen molar-refractivity contribution in [2.24, 2.45) is 0 Å². The van der Waals surface area contributed by atoms with Crippen molar-refractivity contribution in [2.45, 2.75) is 0 Å². The molecule has 246 valence electrons. The highest BCUT2D eigenvalue weighted by molar-refractivity contribution is 6.00. The molecule has 0 amide bonds. The molecule has 0 aliphatic heterocycles. The number of nitriles is 3. The third-order valence-corrected chi connectivity index (χ3v) is 6.67. The van der Waals surface area contributed by atoms with Crippen LogP contribution in [-0.4, -0.2) is 56.3 Å². The van der Waals surface area contributed by atoms with Gasteiger partial charge in [0.05, 0.1) is 77.2 Å². The molecular formula is C38H33N5O6. The quantitative estimate of drug-likeness (QED) is 0.248. The van der Waals surface area contributed by atoms with Crippen LogP contribution in [0.3, 0.4) is 0 Å². The molecule has 5 rings (SSSR count). The van der Waals surface area contributed by atoms with Crippen LogP contribution < -0.4 is 14.9 Å². The SMILES string of the molecule is CN(C)c1cccc2cccc([NH+](C)C)c12.N#Cc1ccc(C(=O)O)cc1.N#Cc1ccc(C(=O)O)cc1.N#Cc1ccc(C(=O)[O-])cc1. The van der Waals surface area contributed by atoms with Gasteiger partial charge in [-0.05, 0) is 83.7 Å². The lowest BCUT2D eigenvalue weighted by Crippen LogP contribution is -3.00. The minimum Gasteiger partial charge on any atom is -0.545 e. The maximum Gasteiger partial charge on any atom is 0.335 e. The van der Waals surface area contributed by atoms with E-state index in [0.29, 0.717) is 16.7 Å². The van der Waals surface area contributed by atoms with Gasteiger partial charge in [-0.1, -0.05) is 36.4 Å². The summed E-state index contributed by atoms with van der Waals surface area (Å²) in [7, 11) is 8.52. The third kappa shape index (κ3) is 11.7. The number of carboxylic acid groups (broad SMARTS) is 3. The van der Waals surface area contributed by atoms with Gasteiger partial charge in [0.2, 0.25) is 0 Å². The van der Waals surface area contributed by atoms with Gasteiger partial charge in [-0.3, -0.25) is 0 Å². The van der Waals surface area contributed by atoms with Crippen LogP contribution in [0.5, 0.6) is 0 Å². The fourth-order valence-electron chi connectivity index (χ4n) is 4.17. The molecule has 0 saturated heterocycles. The minimum absolute atomic E-state index is 0.0870. The first-order valence-electron chi connectivity index (χ1n) is 14.5. The number of anilines is 1. The van der Waals surface area contributed by atoms with E-state index in [1.165, 1.54) is 99.8 Å². The van der Waals surface area contributed by atoms with Gasteiger partial charge in [0, 0.05) is 14.1 Å². The Morgan fingerprint density at radius 1 is 0.612 bits per heavy atom. The number of carbonyl (C=O) groups excluding carboxylic acids is 1. The molecule has 0 spiro atoms. The van der Waals surface area contributed by atoms with Gasteiger partial charge >= 0.3 is 11.9 Å². The number of fused-ring (bicyclic) bond motifs is 1. The molecule has 5 aromatic carbocycles. The van der Waals surface area contributed by atoms with Crippen molar-refractivity contribution in [1.82, 2.24) is 0 Å². The van der Waals surface area contributed by atoms with Crippen molar-refractivity contribution in [3.05, 3.63) is 143 Å². The fourth-order valence-corrected chi connectivity index (χ4v) is 4.17. The van der Waals surface area contributed by atoms with Crippen molar-refractivity contribution in [3.8, 4) is 18.2 Å². The summed E-state index contributed by atoms with van der Waals surface area (Å²) in [4.78, 5) is 34.4. The van der Waals surface area contributed by atoms with E-state index in [-0.39, 0.29) is 16.7 Å². The molecule has 0 unspecified atom stereocenters. The van der Waals surface area contributed by atoms with Crippen LogP contribution in [0, 0.1) is 34.0 Å². The summed E-state index contributed by atoms with van der Waals surface area (Å²) in [5, 5.41) is 54.9. The molecule has 0 fully saturated rings. The highest BCUT2D eigenvalue weighted by atomic mass is 16.4. The molecular weight excluding hydrogens is 622 g/mol. The van der Waals surface area contributed by atoms with E-state index < -0.39 is 17.9 Å². The van der Waals surface area contributed by atoms with E-state index in [1.54, 1.807) is 0 Å². The molecule has 0 aliphatic carbocycles. The Balaban J connectivity index is 0.000000231. The maximum atomic E-state index is 10.3. The van der Waals surface area contributed by atoms with Crippen molar-refractivity contribution >= 4 is 40.1 Å². The van der Waals surface area contributed by atoms with Gasteiger partial charge < -0.3 is 29.9 Å². The highest BCUT2D eigenvalue weighted by Crippen LogP contribution is 2.29. The standard InChI is InChI=1S/C14H18N2.3C8H5NO2/c1-15(2)12-9-5-7-11-8-6-10-13(14(11)12)16(3)4;3*9-5-6-1-3-7(4-2-6)8(10)11/h5-10H,1-4H3;3*1-4H,(H,10,11). The van der Waals surface area contributed by atoms with E-state index in [1.807, 2.05) is 18.2 Å². The number of benzene rings is 5. The zero-order chi connectivity index (χ0) is 36.5. The normalized spacial score (nSPS) is 9.43. The van der Waals surface area contributed by atoms with Crippen LogP contribution in [0.25, 0.3) is 10.8 Å². The van der Waals surface area contributed by atoms with Crippen LogP contribution in [0.2, 0.25) is 0 Å². The number of hydrogen-bond acceptors (Lipinski definition) is 8. The molecule has 0 saturated carbocycles. The summed E-state index contributed by atoms with van der Waals surface area (Å²) in [6.45, 7) is 0. The Hall–Kier alpha value is -7.00. The van der Waals surface area contributed by atoms with Gasteiger partial charge in [0.25, 0.3) is 0 Å². The first kappa shape index (κ1) is 38.2. The van der Waals surface area contributed by atoms with E-state index >= 15 is 0 Å². The summed E-state index contributed by atoms with van der Waals surface area (Å²) >= 11 is 0. The van der Waals surface area contributed by atoms with Crippen molar-refractivity contribution in [3.63, 3.8) is 0 Å². The van der Waals surface area contributed by atoms with Crippen molar-refractivity contribution in [2.75, 3.05) is 33.1 Å². The smallest absolute Gasteiger partial charge is 0.335 e. The lowest BCUT2D eigenvalue weighted by Gasteiger charge is -2.18. The Labute approximate surface area is 284 Å². The van der Waals surface area contributed by atoms with E-state index in [2.05, 4.69) is 69.5 Å². The second-order valence-corrected chi connectivity index (χ2v) is 10.5. The molecule has 3 N–H and O–H groups in total. The number of hydrogen-bond donors (Lipinski definition) is 3. The second kappa shape index (κ2) is 18.8. The van der Waals surface area contributed by atoms with Crippen LogP contribution in [0.4, 0.5) is 11.4 Å². The number of carbonyl (C=O) groups is 3. The zero-order valence-corrected chi connectivity index (χ0v) is 27.2. The highest BCUT2D eigenvalue weighted by Gasteiger charge is 2.12. The molecule has 5 aromatic rings. The van der Waals surface area contributed by atoms with Crippen LogP contribution in [0.15, 0.2) is 109 Å². The van der Waals surface area contributed by atoms with Gasteiger partial charge in [-0.25, -0.2) is 9.59 Å². The summed E-state index contributed by atoms with van der Waals surface area (Å²) in [6.07, 6.45) is 0. The lowest BCUT2D eigenvalue weighted by atomic mass is 10.1. The van der Waals surface area contributed by atoms with Gasteiger partial charge in [0.1, 0.15) is 5.69 Å². The number of carboxylic acids is 3. The first-order chi connectivity index (χ1) is 23.3. The van der Waals surface area contributed by atoms with Crippen LogP contribution in [0.1, 0.15) is 47.8 Å². The lowest BCUT2D eigenvalue weighted by molar-refractivity contribution is -0.785. The number of rotatable bonds is 5. The zero-order valence-electron chi connectivity index (χ0n) is 27.2. The Kier molecular flexibility index (Phi) is 14.7. The number of quaternary nitrogens is 1. The predicted octanol–water partition coefficient (Wildman–Crippen LogP) is 4.12. The summed E-state index contributed by atoms with van der Waals surface area (Å²) < 4.78 is 0. The molecule has 0 radical (unpaired) electrons. The molecule has 0 heterocycles. The summed E-state index contributed by atoms with van der Waals surface area (Å²) in [5.74, 6) is -3.18. The number of nitrogens with zero attached hydrogens (tertiary/aromatic N) is 4. The van der Waals surface area contributed by atoms with Crippen LogP contribution in [-0.2, 0) is 0 Å². The predicted molar refractivity (Wildman–Crippen MR) is 182 cm³/mol. The Bertz CT molecular complexity index is 1820. The third-order valence-electron chi connectivity index (χ3n) is 6.67. The second-order valence-electron chi connectivity index (χ2n) is 10.5. The van der Waals surface area contributed by atoms with Gasteiger partial charge in [-0.15, -0.1) is 0 Å². The fraction of sp³-hybridized carbons (Fsp3) is 0.105. The summed E-state index contributed by atoms with van der Waals surface area (Å²) in [6, 6.07) is 35.7. The average Bonchev–Trinajstić information content (AvgIpc) is 3.11. The van der Waals surface area contributed by atoms with Crippen LogP contribution >= 0.6 is 0 Å². The first-order valence-corrected chi connectivity index (χ1v) is 14.5. The molecule has 0 aliphatic rings. The molecule has 49 heavy (non-hydrogen) atoms. The van der Waals surface area contributed by atoms with E-state index in [9.17, 15) is 19.5 Å². The van der Waals surface area contributed by atoms with Crippen molar-refractivity contribution < 1.29 is 34.6 Å². The summed E-state index contributed by atoms with van der Waals surface area (Å²) in [5.41, 5.74) is 4.49. The monoisotopic (exact) mass is 655 g/mol. The largest absolute Gasteiger partial charge is 0.545 e. The Morgan fingerprint density at radius 2 is 0.980 bits per heavy atom. The molecule has 0 aromatic heterocycles. The average molecular weight is 656 g/mol. The maximum absolute atomic E-state index is 10.3. The molecule has 11 heteroatoms.